The summed E-state index contributed by atoms with van der Waals surface area (Å²) >= 11 is 0. The number of hydrogen-bond donors (Lipinski definition) is 3. The first-order valence-electron chi connectivity index (χ1n) is 10.4. The van der Waals surface area contributed by atoms with Gasteiger partial charge in [-0.1, -0.05) is 36.4 Å². The summed E-state index contributed by atoms with van der Waals surface area (Å²) in [7, 11) is 0. The second-order valence-corrected chi connectivity index (χ2v) is 7.49. The SMILES string of the molecule is O=C(CCCCc1ccc2c(n1)NCCC2)NCC[C@H](C(=O)O)c1ccccc1. The minimum atomic E-state index is -0.863. The number of aryl methyl sites for hydroxylation is 2. The van der Waals surface area contributed by atoms with Crippen LogP contribution in [0, 0.1) is 0 Å². The first kappa shape index (κ1) is 20.8. The van der Waals surface area contributed by atoms with E-state index in [4.69, 9.17) is 0 Å². The highest BCUT2D eigenvalue weighted by Crippen LogP contribution is 2.21. The first-order valence-corrected chi connectivity index (χ1v) is 10.4. The molecule has 1 aromatic heterocycles. The Kier molecular flexibility index (Phi) is 7.61. The van der Waals surface area contributed by atoms with Crippen LogP contribution in [-0.2, 0) is 22.4 Å². The van der Waals surface area contributed by atoms with Crippen LogP contribution in [0.2, 0.25) is 0 Å². The minimum Gasteiger partial charge on any atom is -0.481 e. The summed E-state index contributed by atoms with van der Waals surface area (Å²) in [6.45, 7) is 1.35. The molecule has 6 nitrogen and oxygen atoms in total. The van der Waals surface area contributed by atoms with Gasteiger partial charge in [0.25, 0.3) is 0 Å². The van der Waals surface area contributed by atoms with Crippen molar-refractivity contribution in [3.05, 3.63) is 59.3 Å². The molecule has 0 spiro atoms. The minimum absolute atomic E-state index is 0.0257. The van der Waals surface area contributed by atoms with Gasteiger partial charge in [-0.15, -0.1) is 0 Å². The number of fused-ring (bicyclic) bond motifs is 1. The van der Waals surface area contributed by atoms with Gasteiger partial charge in [0.2, 0.25) is 5.91 Å². The Hall–Kier alpha value is -2.89. The summed E-state index contributed by atoms with van der Waals surface area (Å²) in [4.78, 5) is 28.2. The number of aromatic nitrogens is 1. The number of pyridine rings is 1. The molecule has 3 rings (SSSR count). The molecule has 0 fully saturated rings. The van der Waals surface area contributed by atoms with Crippen LogP contribution < -0.4 is 10.6 Å². The lowest BCUT2D eigenvalue weighted by Crippen LogP contribution is -2.27. The van der Waals surface area contributed by atoms with E-state index < -0.39 is 11.9 Å². The molecule has 1 aromatic carbocycles. The van der Waals surface area contributed by atoms with Gasteiger partial charge in [0.15, 0.2) is 0 Å². The van der Waals surface area contributed by atoms with Crippen molar-refractivity contribution in [1.82, 2.24) is 10.3 Å². The highest BCUT2D eigenvalue weighted by Gasteiger charge is 2.19. The number of carbonyl (C=O) groups excluding carboxylic acids is 1. The fourth-order valence-corrected chi connectivity index (χ4v) is 3.66. The predicted molar refractivity (Wildman–Crippen MR) is 113 cm³/mol. The molecule has 0 unspecified atom stereocenters. The molecule has 154 valence electrons. The molecule has 0 bridgehead atoms. The first-order chi connectivity index (χ1) is 14.1. The van der Waals surface area contributed by atoms with Crippen LogP contribution in [0.5, 0.6) is 0 Å². The van der Waals surface area contributed by atoms with Crippen LogP contribution in [0.15, 0.2) is 42.5 Å². The van der Waals surface area contributed by atoms with Crippen molar-refractivity contribution in [2.24, 2.45) is 0 Å². The van der Waals surface area contributed by atoms with E-state index in [-0.39, 0.29) is 5.91 Å². The van der Waals surface area contributed by atoms with Crippen molar-refractivity contribution < 1.29 is 14.7 Å². The number of benzene rings is 1. The van der Waals surface area contributed by atoms with Crippen molar-refractivity contribution >= 4 is 17.7 Å². The number of carboxylic acid groups (broad SMARTS) is 1. The van der Waals surface area contributed by atoms with Gasteiger partial charge in [0, 0.05) is 25.2 Å². The number of hydrogen-bond acceptors (Lipinski definition) is 4. The van der Waals surface area contributed by atoms with Crippen molar-refractivity contribution in [1.29, 1.82) is 0 Å². The Morgan fingerprint density at radius 1 is 1.14 bits per heavy atom. The summed E-state index contributed by atoms with van der Waals surface area (Å²) in [5, 5.41) is 15.6. The average molecular weight is 396 g/mol. The lowest BCUT2D eigenvalue weighted by Gasteiger charge is -2.17. The van der Waals surface area contributed by atoms with Gasteiger partial charge in [-0.2, -0.15) is 0 Å². The van der Waals surface area contributed by atoms with E-state index in [1.165, 1.54) is 5.56 Å². The van der Waals surface area contributed by atoms with Gasteiger partial charge < -0.3 is 15.7 Å². The molecule has 2 aromatic rings. The summed E-state index contributed by atoms with van der Waals surface area (Å²) in [5.41, 5.74) is 3.11. The van der Waals surface area contributed by atoms with E-state index in [0.717, 1.165) is 55.7 Å². The number of anilines is 1. The number of carboxylic acids is 1. The molecule has 6 heteroatoms. The zero-order chi connectivity index (χ0) is 20.5. The van der Waals surface area contributed by atoms with Crippen LogP contribution in [0.3, 0.4) is 0 Å². The fraction of sp³-hybridized carbons (Fsp3) is 0.435. The van der Waals surface area contributed by atoms with Gasteiger partial charge in [0.1, 0.15) is 5.82 Å². The summed E-state index contributed by atoms with van der Waals surface area (Å²) < 4.78 is 0. The van der Waals surface area contributed by atoms with Crippen molar-refractivity contribution in [3.63, 3.8) is 0 Å². The third-order valence-electron chi connectivity index (χ3n) is 5.29. The number of carbonyl (C=O) groups is 2. The van der Waals surface area contributed by atoms with E-state index >= 15 is 0 Å². The number of unbranched alkanes of at least 4 members (excludes halogenated alkanes) is 1. The third kappa shape index (κ3) is 6.31. The quantitative estimate of drug-likeness (QED) is 0.535. The standard InChI is InChI=1S/C23H29N3O3/c27-21(24-16-14-20(23(28)29)17-7-2-1-3-8-17)11-5-4-10-19-13-12-18-9-6-15-25-22(18)26-19/h1-3,7-8,12-13,20H,4-6,9-11,14-16H2,(H,24,27)(H,25,26)(H,28,29)/t20-/m0/s1. The number of nitrogens with one attached hydrogen (secondary N) is 2. The van der Waals surface area contributed by atoms with E-state index in [2.05, 4.69) is 27.8 Å². The summed E-state index contributed by atoms with van der Waals surface area (Å²) in [6.07, 6.45) is 5.63. The van der Waals surface area contributed by atoms with E-state index in [9.17, 15) is 14.7 Å². The van der Waals surface area contributed by atoms with Crippen molar-refractivity contribution in [2.45, 2.75) is 50.9 Å². The predicted octanol–water partition coefficient (Wildman–Crippen LogP) is 3.53. The Balaban J connectivity index is 1.34. The second kappa shape index (κ2) is 10.6. The maximum Gasteiger partial charge on any atom is 0.311 e. The molecule has 0 saturated carbocycles. The van der Waals surface area contributed by atoms with Crippen LogP contribution in [0.25, 0.3) is 0 Å². The molecule has 29 heavy (non-hydrogen) atoms. The van der Waals surface area contributed by atoms with Gasteiger partial charge in [-0.25, -0.2) is 4.98 Å². The molecule has 2 heterocycles. The highest BCUT2D eigenvalue weighted by molar-refractivity contribution is 5.77. The van der Waals surface area contributed by atoms with Crippen LogP contribution >= 0.6 is 0 Å². The number of rotatable bonds is 10. The number of nitrogens with zero attached hydrogens (tertiary/aromatic N) is 1. The summed E-state index contributed by atoms with van der Waals surface area (Å²) in [5.74, 6) is -0.474. The molecular weight excluding hydrogens is 366 g/mol. The molecule has 1 aliphatic rings. The molecule has 1 aliphatic heterocycles. The monoisotopic (exact) mass is 395 g/mol. The molecule has 0 saturated heterocycles. The second-order valence-electron chi connectivity index (χ2n) is 7.49. The maximum atomic E-state index is 12.0. The Morgan fingerprint density at radius 3 is 2.76 bits per heavy atom. The lowest BCUT2D eigenvalue weighted by atomic mass is 9.96. The largest absolute Gasteiger partial charge is 0.481 e. The normalized spacial score (nSPS) is 13.8. The Morgan fingerprint density at radius 2 is 1.97 bits per heavy atom. The zero-order valence-corrected chi connectivity index (χ0v) is 16.7. The van der Waals surface area contributed by atoms with Crippen LogP contribution in [-0.4, -0.2) is 35.1 Å². The van der Waals surface area contributed by atoms with Gasteiger partial charge >= 0.3 is 5.97 Å². The van der Waals surface area contributed by atoms with E-state index in [1.807, 2.05) is 30.3 Å². The third-order valence-corrected chi connectivity index (χ3v) is 5.29. The van der Waals surface area contributed by atoms with Gasteiger partial charge in [0.05, 0.1) is 5.92 Å². The summed E-state index contributed by atoms with van der Waals surface area (Å²) in [6, 6.07) is 13.4. The topological polar surface area (TPSA) is 91.3 Å². The average Bonchev–Trinajstić information content (AvgIpc) is 2.74. The van der Waals surface area contributed by atoms with Crippen molar-refractivity contribution in [2.75, 3.05) is 18.4 Å². The molecule has 0 aliphatic carbocycles. The lowest BCUT2D eigenvalue weighted by molar-refractivity contribution is -0.139. The fourth-order valence-electron chi connectivity index (χ4n) is 3.66. The Labute approximate surface area is 171 Å². The van der Waals surface area contributed by atoms with Gasteiger partial charge in [-0.05, 0) is 55.7 Å². The molecule has 1 atom stereocenters. The van der Waals surface area contributed by atoms with Crippen LogP contribution in [0.4, 0.5) is 5.82 Å². The zero-order valence-electron chi connectivity index (χ0n) is 16.7. The van der Waals surface area contributed by atoms with Gasteiger partial charge in [-0.3, -0.25) is 9.59 Å². The smallest absolute Gasteiger partial charge is 0.311 e. The van der Waals surface area contributed by atoms with E-state index in [1.54, 1.807) is 0 Å². The molecular formula is C23H29N3O3. The van der Waals surface area contributed by atoms with Crippen LogP contribution in [0.1, 0.15) is 54.8 Å². The number of amides is 1. The Bertz CT molecular complexity index is 823. The highest BCUT2D eigenvalue weighted by atomic mass is 16.4. The molecule has 0 radical (unpaired) electrons. The van der Waals surface area contributed by atoms with Crippen molar-refractivity contribution in [3.8, 4) is 0 Å². The molecule has 3 N–H and O–H groups in total. The molecule has 1 amide bonds. The van der Waals surface area contributed by atoms with E-state index in [0.29, 0.717) is 19.4 Å². The maximum absolute atomic E-state index is 12.0. The number of aliphatic carboxylic acids is 1.